The second kappa shape index (κ2) is 6.12. The molecule has 1 aromatic rings. The van der Waals surface area contributed by atoms with Crippen LogP contribution in [0.2, 0.25) is 0 Å². The first-order chi connectivity index (χ1) is 9.35. The number of nitrogens with one attached hydrogen (secondary N) is 1. The quantitative estimate of drug-likeness (QED) is 0.900. The molecular formula is C15H22BrN3O. The number of piperidine rings is 1. The number of halogens is 1. The van der Waals surface area contributed by atoms with Gasteiger partial charge in [-0.15, -0.1) is 0 Å². The molecule has 1 aliphatic heterocycles. The predicted molar refractivity (Wildman–Crippen MR) is 84.8 cm³/mol. The molecule has 5 heteroatoms. The number of carbonyl (C=O) groups is 1. The van der Waals surface area contributed by atoms with Crippen LogP contribution in [0.5, 0.6) is 0 Å². The molecule has 1 N–H and O–H groups in total. The van der Waals surface area contributed by atoms with Crippen LogP contribution in [0.4, 0.5) is 5.82 Å². The first-order valence-corrected chi connectivity index (χ1v) is 7.83. The minimum Gasteiger partial charge on any atom is -0.356 e. The van der Waals surface area contributed by atoms with Crippen LogP contribution in [-0.2, 0) is 4.79 Å². The van der Waals surface area contributed by atoms with Gasteiger partial charge in [0.05, 0.1) is 5.92 Å². The molecule has 1 amide bonds. The normalized spacial score (nSPS) is 19.8. The fraction of sp³-hybridized carbons (Fsp3) is 0.600. The molecule has 0 aliphatic carbocycles. The number of hydrogen-bond donors (Lipinski definition) is 1. The molecule has 2 heterocycles. The standard InChI is InChI=1S/C15H22BrN3O/c1-15(2,3)18-14(20)11-5-4-8-19(10-11)13-7-6-12(16)9-17-13/h6-7,9,11H,4-5,8,10H2,1-3H3,(H,18,20). The lowest BCUT2D eigenvalue weighted by atomic mass is 9.95. The minimum absolute atomic E-state index is 0.0495. The first-order valence-electron chi connectivity index (χ1n) is 7.04. The van der Waals surface area contributed by atoms with E-state index in [1.54, 1.807) is 6.20 Å². The van der Waals surface area contributed by atoms with Gasteiger partial charge in [0.15, 0.2) is 0 Å². The van der Waals surface area contributed by atoms with Gasteiger partial charge in [0.25, 0.3) is 0 Å². The monoisotopic (exact) mass is 339 g/mol. The van der Waals surface area contributed by atoms with Gasteiger partial charge in [-0.25, -0.2) is 4.98 Å². The van der Waals surface area contributed by atoms with Crippen LogP contribution in [0.3, 0.4) is 0 Å². The van der Waals surface area contributed by atoms with Crippen molar-refractivity contribution in [3.63, 3.8) is 0 Å². The Morgan fingerprint density at radius 3 is 2.80 bits per heavy atom. The average molecular weight is 340 g/mol. The van der Waals surface area contributed by atoms with Crippen LogP contribution in [0.25, 0.3) is 0 Å². The highest BCUT2D eigenvalue weighted by Crippen LogP contribution is 2.23. The van der Waals surface area contributed by atoms with Crippen molar-refractivity contribution in [2.75, 3.05) is 18.0 Å². The lowest BCUT2D eigenvalue weighted by molar-refractivity contribution is -0.126. The molecule has 1 aromatic heterocycles. The summed E-state index contributed by atoms with van der Waals surface area (Å²) in [5.41, 5.74) is -0.171. The predicted octanol–water partition coefficient (Wildman–Crippen LogP) is 2.98. The number of aromatic nitrogens is 1. The van der Waals surface area contributed by atoms with Gasteiger partial charge < -0.3 is 10.2 Å². The maximum absolute atomic E-state index is 12.3. The van der Waals surface area contributed by atoms with E-state index >= 15 is 0 Å². The average Bonchev–Trinajstić information content (AvgIpc) is 2.38. The van der Waals surface area contributed by atoms with Crippen molar-refractivity contribution in [3.05, 3.63) is 22.8 Å². The molecule has 0 bridgehead atoms. The smallest absolute Gasteiger partial charge is 0.225 e. The fourth-order valence-corrected chi connectivity index (χ4v) is 2.66. The van der Waals surface area contributed by atoms with Gasteiger partial charge in [-0.1, -0.05) is 0 Å². The highest BCUT2D eigenvalue weighted by atomic mass is 79.9. The molecule has 1 unspecified atom stereocenters. The SMILES string of the molecule is CC(C)(C)NC(=O)C1CCCN(c2ccc(Br)cn2)C1. The van der Waals surface area contributed by atoms with E-state index in [2.05, 4.69) is 31.1 Å². The van der Waals surface area contributed by atoms with Crippen LogP contribution < -0.4 is 10.2 Å². The van der Waals surface area contributed by atoms with Crippen molar-refractivity contribution in [1.29, 1.82) is 0 Å². The van der Waals surface area contributed by atoms with Crippen molar-refractivity contribution in [2.45, 2.75) is 39.2 Å². The van der Waals surface area contributed by atoms with Gasteiger partial charge in [-0.05, 0) is 61.7 Å². The fourth-order valence-electron chi connectivity index (χ4n) is 2.43. The summed E-state index contributed by atoms with van der Waals surface area (Å²) in [6, 6.07) is 3.98. The number of rotatable bonds is 2. The van der Waals surface area contributed by atoms with E-state index in [0.717, 1.165) is 36.2 Å². The molecule has 1 atom stereocenters. The Bertz CT molecular complexity index is 467. The topological polar surface area (TPSA) is 45.2 Å². The molecule has 0 radical (unpaired) electrons. The Labute approximate surface area is 129 Å². The number of nitrogens with zero attached hydrogens (tertiary/aromatic N) is 2. The maximum atomic E-state index is 12.3. The Hall–Kier alpha value is -1.10. The summed E-state index contributed by atoms with van der Waals surface area (Å²) in [5, 5.41) is 3.08. The van der Waals surface area contributed by atoms with Crippen LogP contribution in [0, 0.1) is 5.92 Å². The summed E-state index contributed by atoms with van der Waals surface area (Å²) in [6.07, 6.45) is 3.78. The zero-order valence-electron chi connectivity index (χ0n) is 12.3. The minimum atomic E-state index is -0.171. The highest BCUT2D eigenvalue weighted by molar-refractivity contribution is 9.10. The molecule has 0 aromatic carbocycles. The lowest BCUT2D eigenvalue weighted by Crippen LogP contribution is -2.48. The van der Waals surface area contributed by atoms with Crippen LogP contribution in [0.15, 0.2) is 22.8 Å². The highest BCUT2D eigenvalue weighted by Gasteiger charge is 2.28. The van der Waals surface area contributed by atoms with Gasteiger partial charge in [-0.2, -0.15) is 0 Å². The van der Waals surface area contributed by atoms with E-state index in [1.807, 2.05) is 32.9 Å². The molecule has 110 valence electrons. The Morgan fingerprint density at radius 2 is 2.20 bits per heavy atom. The van der Waals surface area contributed by atoms with Crippen molar-refractivity contribution < 1.29 is 4.79 Å². The van der Waals surface area contributed by atoms with E-state index in [-0.39, 0.29) is 17.4 Å². The third-order valence-corrected chi connectivity index (χ3v) is 3.80. The van der Waals surface area contributed by atoms with Crippen LogP contribution >= 0.6 is 15.9 Å². The summed E-state index contributed by atoms with van der Waals surface area (Å²) in [5.74, 6) is 1.15. The summed E-state index contributed by atoms with van der Waals surface area (Å²) in [4.78, 5) is 18.9. The molecular weight excluding hydrogens is 318 g/mol. The molecule has 0 saturated carbocycles. The third-order valence-electron chi connectivity index (χ3n) is 3.33. The molecule has 1 fully saturated rings. The zero-order valence-corrected chi connectivity index (χ0v) is 13.9. The van der Waals surface area contributed by atoms with Crippen molar-refractivity contribution in [1.82, 2.24) is 10.3 Å². The number of pyridine rings is 1. The Morgan fingerprint density at radius 1 is 1.45 bits per heavy atom. The van der Waals surface area contributed by atoms with Crippen molar-refractivity contribution in [3.8, 4) is 0 Å². The maximum Gasteiger partial charge on any atom is 0.225 e. The van der Waals surface area contributed by atoms with E-state index in [9.17, 15) is 4.79 Å². The van der Waals surface area contributed by atoms with Gasteiger partial charge >= 0.3 is 0 Å². The van der Waals surface area contributed by atoms with Crippen molar-refractivity contribution in [2.24, 2.45) is 5.92 Å². The van der Waals surface area contributed by atoms with E-state index < -0.39 is 0 Å². The summed E-state index contributed by atoms with van der Waals surface area (Å²) in [6.45, 7) is 7.76. The van der Waals surface area contributed by atoms with E-state index in [1.165, 1.54) is 0 Å². The Kier molecular flexibility index (Phi) is 4.68. The second-order valence-electron chi connectivity index (χ2n) is 6.36. The van der Waals surface area contributed by atoms with E-state index in [0.29, 0.717) is 0 Å². The van der Waals surface area contributed by atoms with Gasteiger partial charge in [-0.3, -0.25) is 4.79 Å². The van der Waals surface area contributed by atoms with Gasteiger partial charge in [0.1, 0.15) is 5.82 Å². The number of anilines is 1. The number of amides is 1. The van der Waals surface area contributed by atoms with Crippen molar-refractivity contribution >= 4 is 27.7 Å². The van der Waals surface area contributed by atoms with Gasteiger partial charge in [0, 0.05) is 29.3 Å². The third kappa shape index (κ3) is 4.20. The number of hydrogen-bond acceptors (Lipinski definition) is 3. The van der Waals surface area contributed by atoms with Crippen LogP contribution in [-0.4, -0.2) is 29.5 Å². The summed E-state index contributed by atoms with van der Waals surface area (Å²) in [7, 11) is 0. The molecule has 1 saturated heterocycles. The summed E-state index contributed by atoms with van der Waals surface area (Å²) < 4.78 is 0.972. The molecule has 20 heavy (non-hydrogen) atoms. The Balaban J connectivity index is 2.01. The van der Waals surface area contributed by atoms with Gasteiger partial charge in [0.2, 0.25) is 5.91 Å². The largest absolute Gasteiger partial charge is 0.356 e. The summed E-state index contributed by atoms with van der Waals surface area (Å²) >= 11 is 3.39. The first kappa shape index (κ1) is 15.3. The molecule has 2 rings (SSSR count). The van der Waals surface area contributed by atoms with E-state index in [4.69, 9.17) is 0 Å². The second-order valence-corrected chi connectivity index (χ2v) is 7.27. The van der Waals surface area contributed by atoms with Crippen LogP contribution in [0.1, 0.15) is 33.6 Å². The molecule has 4 nitrogen and oxygen atoms in total. The number of carbonyl (C=O) groups excluding carboxylic acids is 1. The molecule has 1 aliphatic rings. The zero-order chi connectivity index (χ0) is 14.8. The lowest BCUT2D eigenvalue weighted by Gasteiger charge is -2.34. The molecule has 0 spiro atoms.